The van der Waals surface area contributed by atoms with Crippen molar-refractivity contribution in [3.05, 3.63) is 0 Å². The van der Waals surface area contributed by atoms with Crippen molar-refractivity contribution in [2.45, 2.75) is 247 Å². The molecule has 0 aromatic heterocycles. The number of hydrogen-bond donors (Lipinski definition) is 14. The maximum absolute atomic E-state index is 12.4. The van der Waals surface area contributed by atoms with Gasteiger partial charge in [-0.15, -0.1) is 0 Å². The van der Waals surface area contributed by atoms with Crippen LogP contribution in [0.2, 0.25) is 0 Å². The van der Waals surface area contributed by atoms with Crippen LogP contribution in [0.4, 0.5) is 0 Å². The molecule has 10 aliphatic rings. The Kier molecular flexibility index (Phi) is 15.2. The first kappa shape index (κ1) is 57.3. The first-order valence-electron chi connectivity index (χ1n) is 27.3. The van der Waals surface area contributed by atoms with Gasteiger partial charge in [0.15, 0.2) is 31.5 Å². The van der Waals surface area contributed by atoms with Crippen LogP contribution in [0.1, 0.15) is 106 Å². The zero-order valence-corrected chi connectivity index (χ0v) is 44.1. The first-order chi connectivity index (χ1) is 35.1. The molecule has 23 nitrogen and oxygen atoms in total. The maximum Gasteiger partial charge on any atom is 0.187 e. The van der Waals surface area contributed by atoms with E-state index in [0.29, 0.717) is 32.1 Å². The van der Waals surface area contributed by atoms with Crippen LogP contribution in [0.3, 0.4) is 0 Å². The van der Waals surface area contributed by atoms with Crippen molar-refractivity contribution in [1.82, 2.24) is 0 Å². The minimum atomic E-state index is -1.90. The topological polar surface area (TPSA) is 366 Å². The molecule has 5 aliphatic heterocycles. The van der Waals surface area contributed by atoms with E-state index in [1.807, 2.05) is 0 Å². The van der Waals surface area contributed by atoms with Gasteiger partial charge >= 0.3 is 0 Å². The molecular weight excluding hydrogens is 993 g/mol. The molecule has 5 saturated carbocycles. The van der Waals surface area contributed by atoms with Gasteiger partial charge in [0.05, 0.1) is 55.8 Å². The lowest BCUT2D eigenvalue weighted by Gasteiger charge is -2.75. The highest BCUT2D eigenvalue weighted by Crippen LogP contribution is 2.81. The summed E-state index contributed by atoms with van der Waals surface area (Å²) in [6.45, 7) is 13.1. The average Bonchev–Trinajstić information content (AvgIpc) is 3.63. The highest BCUT2D eigenvalue weighted by Gasteiger charge is 2.83. The van der Waals surface area contributed by atoms with Gasteiger partial charge in [-0.25, -0.2) is 0 Å². The fourth-order valence-corrected chi connectivity index (χ4v) is 17.7. The fraction of sp³-hybridized carbons (Fsp3) is 1.00. The average molecular weight is 1080 g/mol. The summed E-state index contributed by atoms with van der Waals surface area (Å²) in [4.78, 5) is 0. The lowest BCUT2D eigenvalue weighted by atomic mass is 9.30. The van der Waals surface area contributed by atoms with Crippen LogP contribution in [0.25, 0.3) is 0 Å². The van der Waals surface area contributed by atoms with Crippen LogP contribution in [0.15, 0.2) is 0 Å². The zero-order chi connectivity index (χ0) is 54.5. The van der Waals surface area contributed by atoms with E-state index in [1.54, 1.807) is 0 Å². The highest BCUT2D eigenvalue weighted by molar-refractivity contribution is 5.30. The molecule has 14 N–H and O–H groups in total. The van der Waals surface area contributed by atoms with E-state index in [1.165, 1.54) is 0 Å². The van der Waals surface area contributed by atoms with Crippen molar-refractivity contribution < 1.29 is 114 Å². The molecule has 5 heterocycles. The van der Waals surface area contributed by atoms with Crippen molar-refractivity contribution in [1.29, 1.82) is 0 Å². The normalized spacial score (nSPS) is 58.3. The highest BCUT2D eigenvalue weighted by atomic mass is 16.8. The summed E-state index contributed by atoms with van der Waals surface area (Å²) in [6, 6.07) is 0. The van der Waals surface area contributed by atoms with Gasteiger partial charge in [-0.1, -0.05) is 48.5 Å². The molecule has 5 aliphatic carbocycles. The van der Waals surface area contributed by atoms with Gasteiger partial charge in [-0.3, -0.25) is 0 Å². The predicted octanol–water partition coefficient (Wildman–Crippen LogP) is -2.78. The minimum absolute atomic E-state index is 0.0738. The maximum atomic E-state index is 12.4. The summed E-state index contributed by atoms with van der Waals surface area (Å²) >= 11 is 0. The number of hydrogen-bond acceptors (Lipinski definition) is 23. The Balaban J connectivity index is 0.906. The molecule has 2 bridgehead atoms. The Hall–Kier alpha value is -0.920. The molecule has 10 rings (SSSR count). The molecular formula is C52H86O23. The molecule has 0 aromatic carbocycles. The SMILES string of the molecule is CC1(C)C[C@H](O)[C@]23[C@H](O)C[C@]4(C)[C@]5(C)CC[C@@H]6C(C)(C)[C@@H](O[C@H]7OC[C@H](O[C@@H]8O[C@@H](CO)[C@@H](O)[C@@H](O)[C@@H]8O[C@@H]8OC[C@H](O)[C@H](O)[C@H]8O)[C@H](O)[C@@H]7O[C@@H]7O[C@@H](CO)[C@H](O)[C@@H](O)[C@@H]7O)CC[C@]6(C)[C@@H]5CC[C@@]4(O[C@@H]2O)[C@H]3C1. The molecule has 0 unspecified atom stereocenters. The minimum Gasteiger partial charge on any atom is -0.394 e. The lowest BCUT2D eigenvalue weighted by Crippen LogP contribution is -2.75. The largest absolute Gasteiger partial charge is 0.394 e. The van der Waals surface area contributed by atoms with Crippen molar-refractivity contribution in [3.63, 3.8) is 0 Å². The second-order valence-electron chi connectivity index (χ2n) is 26.4. The quantitative estimate of drug-likeness (QED) is 0.0984. The van der Waals surface area contributed by atoms with Gasteiger partial charge in [0.1, 0.15) is 85.5 Å². The van der Waals surface area contributed by atoms with Crippen molar-refractivity contribution in [3.8, 4) is 0 Å². The van der Waals surface area contributed by atoms with Crippen LogP contribution in [0.5, 0.6) is 0 Å². The van der Waals surface area contributed by atoms with E-state index in [0.717, 1.165) is 25.7 Å². The van der Waals surface area contributed by atoms with E-state index in [4.69, 9.17) is 42.6 Å². The number of aliphatic hydroxyl groups is 14. The molecule has 432 valence electrons. The molecule has 0 amide bonds. The smallest absolute Gasteiger partial charge is 0.187 e. The number of ether oxygens (including phenoxy) is 9. The second kappa shape index (κ2) is 19.9. The number of aliphatic hydroxyl groups excluding tert-OH is 14. The molecule has 10 fully saturated rings. The van der Waals surface area contributed by atoms with Gasteiger partial charge in [-0.2, -0.15) is 0 Å². The van der Waals surface area contributed by atoms with Gasteiger partial charge in [0.2, 0.25) is 0 Å². The van der Waals surface area contributed by atoms with Crippen LogP contribution < -0.4 is 0 Å². The van der Waals surface area contributed by atoms with Crippen LogP contribution >= 0.6 is 0 Å². The Morgan fingerprint density at radius 2 is 1.08 bits per heavy atom. The Labute approximate surface area is 436 Å². The van der Waals surface area contributed by atoms with E-state index in [9.17, 15) is 71.5 Å². The molecule has 1 spiro atoms. The summed E-state index contributed by atoms with van der Waals surface area (Å²) < 4.78 is 55.6. The zero-order valence-electron chi connectivity index (χ0n) is 44.1. The van der Waals surface area contributed by atoms with Gasteiger partial charge in [0.25, 0.3) is 0 Å². The molecule has 23 heteroatoms. The molecule has 0 aromatic rings. The third-order valence-corrected chi connectivity index (χ3v) is 21.9. The van der Waals surface area contributed by atoms with Gasteiger partial charge in [0, 0.05) is 11.3 Å². The van der Waals surface area contributed by atoms with Crippen LogP contribution in [-0.2, 0) is 42.6 Å². The summed E-state index contributed by atoms with van der Waals surface area (Å²) in [5, 5.41) is 154. The molecule has 30 atom stereocenters. The summed E-state index contributed by atoms with van der Waals surface area (Å²) in [5.74, 6) is -0.00691. The number of rotatable bonds is 10. The van der Waals surface area contributed by atoms with Crippen LogP contribution in [-0.4, -0.2) is 239 Å². The monoisotopic (exact) mass is 1080 g/mol. The predicted molar refractivity (Wildman–Crippen MR) is 253 cm³/mol. The Bertz CT molecular complexity index is 2040. The van der Waals surface area contributed by atoms with Crippen molar-refractivity contribution in [2.24, 2.45) is 50.2 Å². The van der Waals surface area contributed by atoms with E-state index in [-0.39, 0.29) is 34.0 Å². The second-order valence-corrected chi connectivity index (χ2v) is 26.4. The standard InChI is InChI=1S/C52H86O23/c1-46(2)14-27-51-13-9-26-48(5)11-10-30(47(3,4)25(48)8-12-49(26,6)50(51,7)16-29(57)52(27,28(56)15-46)45(66)75-51)72-43-39(74-42-38(65)35(62)32(59)22(17-53)69-42)34(61)24(20-68-43)71-44-40(36(63)33(60)23(18-54)70-44)73-41-37(64)31(58)21(55)19-67-41/h21-45,53-66H,8-20H2,1-7H3/t21-,22-,23-,24-,25+,26-,27+,28-,29+,30-,31-,32-,33+,34-,35+,36+,37+,38-,39-,40-,41-,42-,43+,44-,45-,48-,49+,50+,51+,52+/m0/s1. The molecule has 0 radical (unpaired) electrons. The Morgan fingerprint density at radius 3 is 1.76 bits per heavy atom. The van der Waals surface area contributed by atoms with E-state index >= 15 is 0 Å². The Morgan fingerprint density at radius 1 is 0.493 bits per heavy atom. The summed E-state index contributed by atoms with van der Waals surface area (Å²) in [6.07, 6.45) is -28.0. The van der Waals surface area contributed by atoms with E-state index < -0.39 is 183 Å². The summed E-state index contributed by atoms with van der Waals surface area (Å²) in [5.41, 5.74) is -3.87. The molecule has 75 heavy (non-hydrogen) atoms. The third-order valence-electron chi connectivity index (χ3n) is 21.9. The van der Waals surface area contributed by atoms with Gasteiger partial charge in [-0.05, 0) is 91.3 Å². The van der Waals surface area contributed by atoms with Crippen molar-refractivity contribution >= 4 is 0 Å². The van der Waals surface area contributed by atoms with E-state index in [2.05, 4.69) is 48.5 Å². The van der Waals surface area contributed by atoms with Gasteiger partial charge < -0.3 is 114 Å². The third kappa shape index (κ3) is 8.45. The lowest BCUT2D eigenvalue weighted by molar-refractivity contribution is -0.392. The van der Waals surface area contributed by atoms with Crippen LogP contribution in [0, 0.1) is 50.2 Å². The fourth-order valence-electron chi connectivity index (χ4n) is 17.7. The first-order valence-corrected chi connectivity index (χ1v) is 27.3. The summed E-state index contributed by atoms with van der Waals surface area (Å²) in [7, 11) is 0. The van der Waals surface area contributed by atoms with Crippen molar-refractivity contribution in [2.75, 3.05) is 26.4 Å². The number of fused-ring (bicyclic) bond motifs is 4. The molecule has 5 saturated heterocycles.